The molecule has 4 N–H and O–H groups in total. The Kier molecular flexibility index (Phi) is 4.91. The lowest BCUT2D eigenvalue weighted by Crippen LogP contribution is -2.20. The highest BCUT2D eigenvalue weighted by molar-refractivity contribution is 7.80. The molecule has 6 heteroatoms. The second kappa shape index (κ2) is 6.20. The van der Waals surface area contributed by atoms with Gasteiger partial charge in [-0.05, 0) is 50.7 Å². The van der Waals surface area contributed by atoms with E-state index in [2.05, 4.69) is 10.6 Å². The topological polar surface area (TPSA) is 76.4 Å². The van der Waals surface area contributed by atoms with Gasteiger partial charge in [0.2, 0.25) is 0 Å². The summed E-state index contributed by atoms with van der Waals surface area (Å²) in [6, 6.07) is 5.38. The molecule has 0 aliphatic carbocycles. The number of ether oxygens (including phenoxy) is 1. The van der Waals surface area contributed by atoms with Gasteiger partial charge in [0.15, 0.2) is 5.11 Å². The van der Waals surface area contributed by atoms with Crippen molar-refractivity contribution in [1.82, 2.24) is 0 Å². The van der Waals surface area contributed by atoms with E-state index in [-0.39, 0.29) is 11.2 Å². The van der Waals surface area contributed by atoms with Crippen molar-refractivity contribution in [2.45, 2.75) is 26.9 Å². The number of hydrogen-bond acceptors (Lipinski definition) is 3. The zero-order valence-electron chi connectivity index (χ0n) is 10.6. The molecule has 0 bridgehead atoms. The molecule has 0 atom stereocenters. The first-order valence-electron chi connectivity index (χ1n) is 5.53. The average Bonchev–Trinajstić information content (AvgIpc) is 2.21. The lowest BCUT2D eigenvalue weighted by atomic mass is 10.2. The third-order valence-corrected chi connectivity index (χ3v) is 2.19. The van der Waals surface area contributed by atoms with Crippen LogP contribution in [0.4, 0.5) is 16.2 Å². The molecule has 5 nitrogen and oxygen atoms in total. The SMILES string of the molecule is Cc1ccc(NC(=O)OC(C)C)cc1NC(N)=S. The van der Waals surface area contributed by atoms with Gasteiger partial charge in [0.25, 0.3) is 0 Å². The van der Waals surface area contributed by atoms with Crippen LogP contribution in [-0.4, -0.2) is 17.3 Å². The molecule has 1 aromatic carbocycles. The fraction of sp³-hybridized carbons (Fsp3) is 0.333. The summed E-state index contributed by atoms with van der Waals surface area (Å²) < 4.78 is 4.98. The first kappa shape index (κ1) is 14.2. The van der Waals surface area contributed by atoms with Crippen molar-refractivity contribution in [1.29, 1.82) is 0 Å². The van der Waals surface area contributed by atoms with Gasteiger partial charge in [0.1, 0.15) is 0 Å². The number of benzene rings is 1. The lowest BCUT2D eigenvalue weighted by molar-refractivity contribution is 0.130. The van der Waals surface area contributed by atoms with E-state index in [0.717, 1.165) is 11.3 Å². The zero-order valence-corrected chi connectivity index (χ0v) is 11.4. The number of nitrogens with one attached hydrogen (secondary N) is 2. The maximum atomic E-state index is 11.4. The molecule has 1 rings (SSSR count). The maximum Gasteiger partial charge on any atom is 0.411 e. The van der Waals surface area contributed by atoms with E-state index in [9.17, 15) is 4.79 Å². The molecule has 18 heavy (non-hydrogen) atoms. The Morgan fingerprint density at radius 2 is 2.06 bits per heavy atom. The standard InChI is InChI=1S/C12H17N3O2S/c1-7(2)17-12(16)14-9-5-4-8(3)10(6-9)15-11(13)18/h4-7H,1-3H3,(H,14,16)(H3,13,15,18). The second-order valence-electron chi connectivity index (χ2n) is 4.10. The molecular formula is C12H17N3O2S. The van der Waals surface area contributed by atoms with Crippen molar-refractivity contribution in [3.8, 4) is 0 Å². The summed E-state index contributed by atoms with van der Waals surface area (Å²) >= 11 is 4.78. The summed E-state index contributed by atoms with van der Waals surface area (Å²) in [5, 5.41) is 5.65. The molecule has 1 amide bonds. The van der Waals surface area contributed by atoms with Crippen LogP contribution in [0.25, 0.3) is 0 Å². The minimum atomic E-state index is -0.491. The quantitative estimate of drug-likeness (QED) is 0.734. The van der Waals surface area contributed by atoms with E-state index in [0.29, 0.717) is 5.69 Å². The summed E-state index contributed by atoms with van der Waals surface area (Å²) in [5.74, 6) is 0. The fourth-order valence-electron chi connectivity index (χ4n) is 1.33. The van der Waals surface area contributed by atoms with Crippen LogP contribution in [-0.2, 0) is 4.74 Å². The Morgan fingerprint density at radius 1 is 1.39 bits per heavy atom. The Balaban J connectivity index is 2.78. The first-order valence-corrected chi connectivity index (χ1v) is 5.94. The largest absolute Gasteiger partial charge is 0.447 e. The highest BCUT2D eigenvalue weighted by atomic mass is 32.1. The molecule has 0 saturated heterocycles. The van der Waals surface area contributed by atoms with Crippen LogP contribution in [0.15, 0.2) is 18.2 Å². The highest BCUT2D eigenvalue weighted by Crippen LogP contribution is 2.20. The van der Waals surface area contributed by atoms with Crippen molar-refractivity contribution in [2.24, 2.45) is 5.73 Å². The van der Waals surface area contributed by atoms with Crippen molar-refractivity contribution in [3.05, 3.63) is 23.8 Å². The van der Waals surface area contributed by atoms with Crippen molar-refractivity contribution < 1.29 is 9.53 Å². The first-order chi connectivity index (χ1) is 8.38. The summed E-state index contributed by atoms with van der Waals surface area (Å²) in [6.45, 7) is 5.49. The molecule has 0 heterocycles. The molecule has 0 unspecified atom stereocenters. The fourth-order valence-corrected chi connectivity index (χ4v) is 1.44. The second-order valence-corrected chi connectivity index (χ2v) is 4.54. The number of rotatable bonds is 3. The molecule has 0 fully saturated rings. The number of hydrogen-bond donors (Lipinski definition) is 3. The Hall–Kier alpha value is -1.82. The number of thiocarbonyl (C=S) groups is 1. The summed E-state index contributed by atoms with van der Waals surface area (Å²) in [7, 11) is 0. The van der Waals surface area contributed by atoms with Crippen LogP contribution in [0, 0.1) is 6.92 Å². The van der Waals surface area contributed by atoms with Crippen LogP contribution < -0.4 is 16.4 Å². The van der Waals surface area contributed by atoms with Gasteiger partial charge in [0.05, 0.1) is 6.10 Å². The van der Waals surface area contributed by atoms with Crippen molar-refractivity contribution in [3.63, 3.8) is 0 Å². The van der Waals surface area contributed by atoms with Crippen LogP contribution in [0.3, 0.4) is 0 Å². The molecule has 98 valence electrons. The van der Waals surface area contributed by atoms with Crippen LogP contribution in [0.1, 0.15) is 19.4 Å². The smallest absolute Gasteiger partial charge is 0.411 e. The number of carbonyl (C=O) groups is 1. The van der Waals surface area contributed by atoms with E-state index in [1.165, 1.54) is 0 Å². The third kappa shape index (κ3) is 4.58. The minimum Gasteiger partial charge on any atom is -0.447 e. The third-order valence-electron chi connectivity index (χ3n) is 2.08. The van der Waals surface area contributed by atoms with E-state index in [4.69, 9.17) is 22.7 Å². The van der Waals surface area contributed by atoms with Crippen molar-refractivity contribution >= 4 is 34.8 Å². The van der Waals surface area contributed by atoms with E-state index in [1.807, 2.05) is 13.0 Å². The van der Waals surface area contributed by atoms with E-state index < -0.39 is 6.09 Å². The monoisotopic (exact) mass is 267 g/mol. The Labute approximate surface area is 112 Å². The van der Waals surface area contributed by atoms with E-state index >= 15 is 0 Å². The molecule has 0 aromatic heterocycles. The number of nitrogens with two attached hydrogens (primary N) is 1. The number of anilines is 2. The van der Waals surface area contributed by atoms with Gasteiger partial charge in [-0.2, -0.15) is 0 Å². The summed E-state index contributed by atoms with van der Waals surface area (Å²) in [5.41, 5.74) is 7.77. The Bertz CT molecular complexity index is 461. The minimum absolute atomic E-state index is 0.162. The number of amides is 1. The van der Waals surface area contributed by atoms with Gasteiger partial charge in [-0.15, -0.1) is 0 Å². The van der Waals surface area contributed by atoms with Crippen LogP contribution in [0.5, 0.6) is 0 Å². The van der Waals surface area contributed by atoms with E-state index in [1.54, 1.807) is 26.0 Å². The van der Waals surface area contributed by atoms with Crippen molar-refractivity contribution in [2.75, 3.05) is 10.6 Å². The molecule has 0 aliphatic rings. The van der Waals surface area contributed by atoms with Gasteiger partial charge < -0.3 is 15.8 Å². The summed E-state index contributed by atoms with van der Waals surface area (Å²) in [4.78, 5) is 11.4. The van der Waals surface area contributed by atoms with Crippen LogP contribution in [0.2, 0.25) is 0 Å². The Morgan fingerprint density at radius 3 is 2.61 bits per heavy atom. The molecule has 0 radical (unpaired) electrons. The van der Waals surface area contributed by atoms with Gasteiger partial charge in [-0.3, -0.25) is 5.32 Å². The average molecular weight is 267 g/mol. The highest BCUT2D eigenvalue weighted by Gasteiger charge is 2.07. The predicted molar refractivity (Wildman–Crippen MR) is 76.8 cm³/mol. The van der Waals surface area contributed by atoms with Gasteiger partial charge in [-0.1, -0.05) is 6.07 Å². The molecular weight excluding hydrogens is 250 g/mol. The van der Waals surface area contributed by atoms with Gasteiger partial charge in [0, 0.05) is 11.4 Å². The number of carbonyl (C=O) groups excluding carboxylic acids is 1. The number of aryl methyl sites for hydroxylation is 1. The van der Waals surface area contributed by atoms with Gasteiger partial charge in [-0.25, -0.2) is 4.79 Å². The summed E-state index contributed by atoms with van der Waals surface area (Å²) in [6.07, 6.45) is -0.653. The predicted octanol–water partition coefficient (Wildman–Crippen LogP) is 2.61. The molecule has 0 spiro atoms. The molecule has 0 saturated carbocycles. The molecule has 0 aliphatic heterocycles. The van der Waals surface area contributed by atoms with Crippen LogP contribution >= 0.6 is 12.2 Å². The maximum absolute atomic E-state index is 11.4. The lowest BCUT2D eigenvalue weighted by Gasteiger charge is -2.12. The zero-order chi connectivity index (χ0) is 13.7. The normalized spacial score (nSPS) is 10.0. The molecule has 1 aromatic rings. The van der Waals surface area contributed by atoms with Gasteiger partial charge >= 0.3 is 6.09 Å².